The van der Waals surface area contributed by atoms with Crippen LogP contribution in [0.4, 0.5) is 0 Å². The predicted molar refractivity (Wildman–Crippen MR) is 131 cm³/mol. The van der Waals surface area contributed by atoms with Gasteiger partial charge in [0.05, 0.1) is 12.6 Å². The smallest absolute Gasteiger partial charge is 0.414 e. The number of carboxylic acids is 2. The van der Waals surface area contributed by atoms with Gasteiger partial charge in [-0.05, 0) is 61.7 Å². The van der Waals surface area contributed by atoms with E-state index in [1.807, 2.05) is 31.0 Å². The lowest BCUT2D eigenvalue weighted by Gasteiger charge is -2.19. The van der Waals surface area contributed by atoms with Gasteiger partial charge in [-0.15, -0.1) is 0 Å². The fourth-order valence-corrected chi connectivity index (χ4v) is 3.08. The molecule has 0 radical (unpaired) electrons. The van der Waals surface area contributed by atoms with Crippen molar-refractivity contribution in [2.45, 2.75) is 33.2 Å². The monoisotopic (exact) mass is 492 g/mol. The molecule has 186 valence electrons. The number of carbonyl (C=O) groups is 3. The van der Waals surface area contributed by atoms with E-state index in [-0.39, 0.29) is 11.9 Å². The average molecular weight is 493 g/mol. The average Bonchev–Trinajstić information content (AvgIpc) is 2.75. The van der Waals surface area contributed by atoms with Crippen LogP contribution >= 0.6 is 11.6 Å². The van der Waals surface area contributed by atoms with Crippen LogP contribution in [0.3, 0.4) is 0 Å². The number of carboxylic acid groups (broad SMARTS) is 2. The number of aliphatic carboxylic acids is 2. The molecular weight excluding hydrogens is 460 g/mol. The number of likely N-dealkylation sites (N-methyl/N-ethyl adjacent to an activating group) is 1. The van der Waals surface area contributed by atoms with Crippen LogP contribution in [0, 0.1) is 5.92 Å². The van der Waals surface area contributed by atoms with Crippen molar-refractivity contribution in [3.63, 3.8) is 0 Å². The molecule has 2 aromatic rings. The van der Waals surface area contributed by atoms with Crippen LogP contribution in [0.5, 0.6) is 5.75 Å². The third kappa shape index (κ3) is 12.2. The number of hydrogen-bond donors (Lipinski definition) is 3. The molecule has 2 aromatic carbocycles. The molecule has 8 nitrogen and oxygen atoms in total. The first-order chi connectivity index (χ1) is 16.0. The molecule has 0 heterocycles. The SMILES string of the molecule is CC(C)Cc1ccc(C(C)NC(=O)CN(C)CCOc2ccc(Cl)cc2)cc1.O=C(O)C(=O)O. The van der Waals surface area contributed by atoms with E-state index in [0.29, 0.717) is 30.6 Å². The van der Waals surface area contributed by atoms with E-state index in [2.05, 4.69) is 43.4 Å². The maximum atomic E-state index is 12.3. The summed E-state index contributed by atoms with van der Waals surface area (Å²) in [5, 5.41) is 18.5. The third-order valence-corrected chi connectivity index (χ3v) is 4.90. The minimum atomic E-state index is -1.82. The molecule has 0 saturated carbocycles. The highest BCUT2D eigenvalue weighted by Gasteiger charge is 2.12. The minimum absolute atomic E-state index is 0.00718. The van der Waals surface area contributed by atoms with Crippen molar-refractivity contribution in [3.8, 4) is 5.75 Å². The number of nitrogens with one attached hydrogen (secondary N) is 1. The zero-order valence-electron chi connectivity index (χ0n) is 20.0. The first-order valence-electron chi connectivity index (χ1n) is 10.9. The van der Waals surface area contributed by atoms with Crippen molar-refractivity contribution in [1.82, 2.24) is 10.2 Å². The Morgan fingerprint density at radius 3 is 2.03 bits per heavy atom. The lowest BCUT2D eigenvalue weighted by Crippen LogP contribution is -2.38. The van der Waals surface area contributed by atoms with Gasteiger partial charge < -0.3 is 20.3 Å². The minimum Gasteiger partial charge on any atom is -0.492 e. The van der Waals surface area contributed by atoms with Crippen LogP contribution in [0.2, 0.25) is 5.02 Å². The molecule has 0 aliphatic rings. The number of ether oxygens (including phenoxy) is 1. The summed E-state index contributed by atoms with van der Waals surface area (Å²) in [7, 11) is 1.91. The molecule has 1 amide bonds. The van der Waals surface area contributed by atoms with E-state index in [4.69, 9.17) is 36.1 Å². The van der Waals surface area contributed by atoms with Crippen molar-refractivity contribution in [2.24, 2.45) is 5.92 Å². The van der Waals surface area contributed by atoms with Gasteiger partial charge in [0, 0.05) is 11.6 Å². The van der Waals surface area contributed by atoms with Gasteiger partial charge in [-0.1, -0.05) is 49.7 Å². The molecule has 0 bridgehead atoms. The molecule has 34 heavy (non-hydrogen) atoms. The molecule has 1 atom stereocenters. The second-order valence-electron chi connectivity index (χ2n) is 8.28. The van der Waals surface area contributed by atoms with Crippen LogP contribution in [0.1, 0.15) is 37.9 Å². The van der Waals surface area contributed by atoms with Crippen molar-refractivity contribution < 1.29 is 29.3 Å². The summed E-state index contributed by atoms with van der Waals surface area (Å²) in [5.41, 5.74) is 2.45. The maximum absolute atomic E-state index is 12.3. The Morgan fingerprint density at radius 1 is 0.971 bits per heavy atom. The summed E-state index contributed by atoms with van der Waals surface area (Å²) in [4.78, 5) is 32.5. The van der Waals surface area contributed by atoms with E-state index in [1.54, 1.807) is 12.1 Å². The topological polar surface area (TPSA) is 116 Å². The summed E-state index contributed by atoms with van der Waals surface area (Å²) in [6.07, 6.45) is 1.07. The molecule has 0 aliphatic heterocycles. The molecule has 2 rings (SSSR count). The second-order valence-corrected chi connectivity index (χ2v) is 8.72. The van der Waals surface area contributed by atoms with E-state index < -0.39 is 11.9 Å². The number of benzene rings is 2. The highest BCUT2D eigenvalue weighted by atomic mass is 35.5. The quantitative estimate of drug-likeness (QED) is 0.431. The number of amides is 1. The van der Waals surface area contributed by atoms with Gasteiger partial charge in [-0.3, -0.25) is 9.69 Å². The van der Waals surface area contributed by atoms with Crippen LogP contribution in [0.25, 0.3) is 0 Å². The lowest BCUT2D eigenvalue weighted by atomic mass is 10.00. The highest BCUT2D eigenvalue weighted by molar-refractivity contribution is 6.30. The zero-order valence-corrected chi connectivity index (χ0v) is 20.7. The van der Waals surface area contributed by atoms with E-state index in [1.165, 1.54) is 5.56 Å². The molecule has 0 saturated heterocycles. The Bertz CT molecular complexity index is 904. The summed E-state index contributed by atoms with van der Waals surface area (Å²) < 4.78 is 5.67. The van der Waals surface area contributed by atoms with E-state index in [9.17, 15) is 4.79 Å². The Morgan fingerprint density at radius 2 is 1.53 bits per heavy atom. The lowest BCUT2D eigenvalue weighted by molar-refractivity contribution is -0.159. The van der Waals surface area contributed by atoms with Crippen LogP contribution in [-0.4, -0.2) is 59.7 Å². The zero-order chi connectivity index (χ0) is 25.7. The number of carbonyl (C=O) groups excluding carboxylic acids is 1. The second kappa shape index (κ2) is 14.9. The Balaban J connectivity index is 0.000000852. The summed E-state index contributed by atoms with van der Waals surface area (Å²) in [6.45, 7) is 7.95. The number of halogens is 1. The third-order valence-electron chi connectivity index (χ3n) is 4.65. The summed E-state index contributed by atoms with van der Waals surface area (Å²) >= 11 is 5.86. The van der Waals surface area contributed by atoms with Gasteiger partial charge in [0.2, 0.25) is 5.91 Å². The van der Waals surface area contributed by atoms with Gasteiger partial charge in [-0.2, -0.15) is 0 Å². The fraction of sp³-hybridized carbons (Fsp3) is 0.400. The van der Waals surface area contributed by atoms with Crippen LogP contribution in [-0.2, 0) is 20.8 Å². The highest BCUT2D eigenvalue weighted by Crippen LogP contribution is 2.16. The first kappa shape index (κ1) is 28.9. The number of rotatable bonds is 10. The van der Waals surface area contributed by atoms with Gasteiger partial charge >= 0.3 is 11.9 Å². The molecule has 0 aromatic heterocycles. The Hall–Kier alpha value is -3.10. The molecular formula is C25H33ClN2O6. The summed E-state index contributed by atoms with van der Waals surface area (Å²) in [6, 6.07) is 15.8. The number of nitrogens with zero attached hydrogens (tertiary/aromatic N) is 1. The molecule has 3 N–H and O–H groups in total. The van der Waals surface area contributed by atoms with Gasteiger partial charge in [0.1, 0.15) is 12.4 Å². The van der Waals surface area contributed by atoms with Crippen molar-refractivity contribution >= 4 is 29.4 Å². The maximum Gasteiger partial charge on any atom is 0.414 e. The predicted octanol–water partition coefficient (Wildman–Crippen LogP) is 3.88. The van der Waals surface area contributed by atoms with Gasteiger partial charge in [-0.25, -0.2) is 9.59 Å². The van der Waals surface area contributed by atoms with Crippen molar-refractivity contribution in [2.75, 3.05) is 26.7 Å². The molecule has 0 spiro atoms. The van der Waals surface area contributed by atoms with Crippen LogP contribution in [0.15, 0.2) is 48.5 Å². The Labute approximate surface area is 205 Å². The molecule has 0 aliphatic carbocycles. The van der Waals surface area contributed by atoms with E-state index in [0.717, 1.165) is 17.7 Å². The van der Waals surface area contributed by atoms with Crippen LogP contribution < -0.4 is 10.1 Å². The van der Waals surface area contributed by atoms with Crippen molar-refractivity contribution in [3.05, 3.63) is 64.7 Å². The number of hydrogen-bond acceptors (Lipinski definition) is 5. The van der Waals surface area contributed by atoms with Crippen molar-refractivity contribution in [1.29, 1.82) is 0 Å². The normalized spacial score (nSPS) is 11.4. The molecule has 1 unspecified atom stereocenters. The Kier molecular flexibility index (Phi) is 12.7. The largest absolute Gasteiger partial charge is 0.492 e. The fourth-order valence-electron chi connectivity index (χ4n) is 2.96. The molecule has 0 fully saturated rings. The van der Waals surface area contributed by atoms with E-state index >= 15 is 0 Å². The summed E-state index contributed by atoms with van der Waals surface area (Å²) in [5.74, 6) is -2.23. The molecule has 9 heteroatoms. The standard InChI is InChI=1S/C23H31ClN2O2.C2H2O4/c1-17(2)15-19-5-7-20(8-6-19)18(3)25-23(27)16-26(4)13-14-28-22-11-9-21(24)10-12-22;3-1(4)2(5)6/h5-12,17-18H,13-16H2,1-4H3,(H,25,27);(H,3,4)(H,5,6). The van der Waals surface area contributed by atoms with Gasteiger partial charge in [0.15, 0.2) is 0 Å². The van der Waals surface area contributed by atoms with Gasteiger partial charge in [0.25, 0.3) is 0 Å². The first-order valence-corrected chi connectivity index (χ1v) is 11.3.